The van der Waals surface area contributed by atoms with Crippen LogP contribution in [0.2, 0.25) is 0 Å². The summed E-state index contributed by atoms with van der Waals surface area (Å²) in [6.07, 6.45) is 3.94. The van der Waals surface area contributed by atoms with Crippen molar-refractivity contribution in [2.75, 3.05) is 56.2 Å². The zero-order valence-corrected chi connectivity index (χ0v) is 15.8. The van der Waals surface area contributed by atoms with Gasteiger partial charge in [0.25, 0.3) is 5.91 Å². The van der Waals surface area contributed by atoms with E-state index in [-0.39, 0.29) is 5.91 Å². The van der Waals surface area contributed by atoms with Crippen LogP contribution in [0.3, 0.4) is 0 Å². The predicted octanol–water partition coefficient (Wildman–Crippen LogP) is 2.65. The number of rotatable bonds is 4. The molecule has 6 nitrogen and oxygen atoms in total. The fraction of sp³-hybridized carbons (Fsp3) is 0.429. The molecule has 1 aromatic carbocycles. The van der Waals surface area contributed by atoms with Crippen molar-refractivity contribution in [1.82, 2.24) is 9.88 Å². The van der Waals surface area contributed by atoms with Crippen LogP contribution in [0.5, 0.6) is 5.75 Å². The lowest BCUT2D eigenvalue weighted by Crippen LogP contribution is -2.46. The fourth-order valence-corrected chi connectivity index (χ4v) is 3.91. The Labute approximate surface area is 160 Å². The molecule has 0 atom stereocenters. The van der Waals surface area contributed by atoms with Crippen LogP contribution in [0, 0.1) is 0 Å². The highest BCUT2D eigenvalue weighted by molar-refractivity contribution is 5.93. The molecule has 0 bridgehead atoms. The first kappa shape index (κ1) is 17.6. The SMILES string of the molecule is COc1ccccc1N1CCN(c2ccnc(C(=O)N3CCCC3)c2)CC1. The second-order valence-corrected chi connectivity index (χ2v) is 7.04. The largest absolute Gasteiger partial charge is 0.495 e. The lowest BCUT2D eigenvalue weighted by atomic mass is 10.2. The summed E-state index contributed by atoms with van der Waals surface area (Å²) in [4.78, 5) is 23.5. The van der Waals surface area contributed by atoms with Crippen molar-refractivity contribution in [1.29, 1.82) is 0 Å². The molecular formula is C21H26N4O2. The van der Waals surface area contributed by atoms with Crippen LogP contribution in [0.25, 0.3) is 0 Å². The van der Waals surface area contributed by atoms with Crippen molar-refractivity contribution in [2.45, 2.75) is 12.8 Å². The Kier molecular flexibility index (Phi) is 5.14. The monoisotopic (exact) mass is 366 g/mol. The van der Waals surface area contributed by atoms with E-state index in [0.717, 1.165) is 69.2 Å². The molecular weight excluding hydrogens is 340 g/mol. The number of methoxy groups -OCH3 is 1. The van der Waals surface area contributed by atoms with Crippen molar-refractivity contribution in [2.24, 2.45) is 0 Å². The van der Waals surface area contributed by atoms with E-state index in [4.69, 9.17) is 4.74 Å². The molecule has 3 heterocycles. The molecule has 0 N–H and O–H groups in total. The Morgan fingerprint density at radius 1 is 0.963 bits per heavy atom. The Morgan fingerprint density at radius 3 is 2.41 bits per heavy atom. The number of amides is 1. The van der Waals surface area contributed by atoms with Crippen LogP contribution in [0.1, 0.15) is 23.3 Å². The third kappa shape index (κ3) is 3.70. The molecule has 2 fully saturated rings. The van der Waals surface area contributed by atoms with Gasteiger partial charge in [-0.2, -0.15) is 0 Å². The number of benzene rings is 1. The second-order valence-electron chi connectivity index (χ2n) is 7.04. The normalized spacial score (nSPS) is 17.3. The van der Waals surface area contributed by atoms with Gasteiger partial charge in [-0.05, 0) is 37.1 Å². The number of aromatic nitrogens is 1. The van der Waals surface area contributed by atoms with E-state index in [2.05, 4.69) is 20.9 Å². The first-order chi connectivity index (χ1) is 13.3. The van der Waals surface area contributed by atoms with Gasteiger partial charge in [-0.25, -0.2) is 0 Å². The van der Waals surface area contributed by atoms with E-state index in [0.29, 0.717) is 5.69 Å². The Hall–Kier alpha value is -2.76. The van der Waals surface area contributed by atoms with E-state index in [9.17, 15) is 4.79 Å². The molecule has 0 spiro atoms. The third-order valence-electron chi connectivity index (χ3n) is 5.43. The second kappa shape index (κ2) is 7.86. The first-order valence-corrected chi connectivity index (χ1v) is 9.64. The summed E-state index contributed by atoms with van der Waals surface area (Å²) in [5.41, 5.74) is 2.77. The number of carbonyl (C=O) groups excluding carboxylic acids is 1. The molecule has 0 aliphatic carbocycles. The molecule has 6 heteroatoms. The number of pyridine rings is 1. The summed E-state index contributed by atoms with van der Waals surface area (Å²) in [5, 5.41) is 0. The zero-order chi connectivity index (χ0) is 18.6. The predicted molar refractivity (Wildman–Crippen MR) is 107 cm³/mol. The summed E-state index contributed by atoms with van der Waals surface area (Å²) in [7, 11) is 1.71. The van der Waals surface area contributed by atoms with Crippen molar-refractivity contribution in [3.05, 3.63) is 48.3 Å². The molecule has 0 saturated carbocycles. The summed E-state index contributed by atoms with van der Waals surface area (Å²) in [5.74, 6) is 0.968. The fourth-order valence-electron chi connectivity index (χ4n) is 3.91. The van der Waals surface area contributed by atoms with Gasteiger partial charge < -0.3 is 19.4 Å². The van der Waals surface area contributed by atoms with Crippen LogP contribution in [-0.4, -0.2) is 62.2 Å². The van der Waals surface area contributed by atoms with Gasteiger partial charge in [-0.1, -0.05) is 12.1 Å². The summed E-state index contributed by atoms with van der Waals surface area (Å²) in [6.45, 7) is 5.33. The molecule has 2 aromatic rings. The van der Waals surface area contributed by atoms with Crippen LogP contribution in [-0.2, 0) is 0 Å². The molecule has 2 aliphatic heterocycles. The minimum Gasteiger partial charge on any atom is -0.495 e. The van der Waals surface area contributed by atoms with E-state index in [1.165, 1.54) is 0 Å². The van der Waals surface area contributed by atoms with E-state index in [1.807, 2.05) is 35.2 Å². The van der Waals surface area contributed by atoms with E-state index >= 15 is 0 Å². The van der Waals surface area contributed by atoms with E-state index < -0.39 is 0 Å². The van der Waals surface area contributed by atoms with Gasteiger partial charge in [0.05, 0.1) is 12.8 Å². The van der Waals surface area contributed by atoms with Crippen LogP contribution in [0.15, 0.2) is 42.6 Å². The smallest absolute Gasteiger partial charge is 0.272 e. The maximum absolute atomic E-state index is 12.6. The van der Waals surface area contributed by atoms with Gasteiger partial charge in [0.15, 0.2) is 0 Å². The number of para-hydroxylation sites is 2. The van der Waals surface area contributed by atoms with Gasteiger partial charge in [-0.15, -0.1) is 0 Å². The van der Waals surface area contributed by atoms with Gasteiger partial charge in [0.1, 0.15) is 11.4 Å². The summed E-state index contributed by atoms with van der Waals surface area (Å²) < 4.78 is 5.50. The Balaban J connectivity index is 1.44. The molecule has 2 saturated heterocycles. The zero-order valence-electron chi connectivity index (χ0n) is 15.8. The van der Waals surface area contributed by atoms with Crippen LogP contribution < -0.4 is 14.5 Å². The lowest BCUT2D eigenvalue weighted by molar-refractivity contribution is 0.0787. The third-order valence-corrected chi connectivity index (χ3v) is 5.43. The molecule has 0 radical (unpaired) electrons. The topological polar surface area (TPSA) is 48.9 Å². The first-order valence-electron chi connectivity index (χ1n) is 9.64. The van der Waals surface area contributed by atoms with Crippen molar-refractivity contribution < 1.29 is 9.53 Å². The Morgan fingerprint density at radius 2 is 1.67 bits per heavy atom. The molecule has 1 aromatic heterocycles. The van der Waals surface area contributed by atoms with Crippen molar-refractivity contribution in [3.63, 3.8) is 0 Å². The maximum atomic E-state index is 12.6. The highest BCUT2D eigenvalue weighted by Crippen LogP contribution is 2.29. The molecule has 2 aliphatic rings. The minimum atomic E-state index is 0.0574. The number of anilines is 2. The molecule has 27 heavy (non-hydrogen) atoms. The number of nitrogens with zero attached hydrogens (tertiary/aromatic N) is 4. The Bertz CT molecular complexity index is 796. The number of hydrogen-bond acceptors (Lipinski definition) is 5. The molecule has 1 amide bonds. The molecule has 0 unspecified atom stereocenters. The molecule has 142 valence electrons. The van der Waals surface area contributed by atoms with Crippen molar-refractivity contribution >= 4 is 17.3 Å². The number of likely N-dealkylation sites (tertiary alicyclic amines) is 1. The quantitative estimate of drug-likeness (QED) is 0.833. The molecule has 4 rings (SSSR count). The average Bonchev–Trinajstić information content (AvgIpc) is 3.28. The van der Waals surface area contributed by atoms with Crippen LogP contribution in [0.4, 0.5) is 11.4 Å². The van der Waals surface area contributed by atoms with Gasteiger partial charge in [-0.3, -0.25) is 9.78 Å². The highest BCUT2D eigenvalue weighted by Gasteiger charge is 2.23. The van der Waals surface area contributed by atoms with E-state index in [1.54, 1.807) is 13.3 Å². The summed E-state index contributed by atoms with van der Waals surface area (Å²) in [6, 6.07) is 12.1. The highest BCUT2D eigenvalue weighted by atomic mass is 16.5. The van der Waals surface area contributed by atoms with Gasteiger partial charge in [0, 0.05) is 51.2 Å². The van der Waals surface area contributed by atoms with Gasteiger partial charge >= 0.3 is 0 Å². The summed E-state index contributed by atoms with van der Waals surface area (Å²) >= 11 is 0. The van der Waals surface area contributed by atoms with Gasteiger partial charge in [0.2, 0.25) is 0 Å². The standard InChI is InChI=1S/C21H26N4O2/c1-27-20-7-3-2-6-19(20)24-14-12-23(13-15-24)17-8-9-22-18(16-17)21(26)25-10-4-5-11-25/h2-3,6-9,16H,4-5,10-15H2,1H3. The number of ether oxygens (including phenoxy) is 1. The van der Waals surface area contributed by atoms with Crippen LogP contribution >= 0.6 is 0 Å². The minimum absolute atomic E-state index is 0.0574. The number of piperazine rings is 1. The number of carbonyl (C=O) groups is 1. The lowest BCUT2D eigenvalue weighted by Gasteiger charge is -2.37. The number of hydrogen-bond donors (Lipinski definition) is 0. The maximum Gasteiger partial charge on any atom is 0.272 e. The van der Waals surface area contributed by atoms with Crippen molar-refractivity contribution in [3.8, 4) is 5.75 Å². The average molecular weight is 366 g/mol.